The first-order valence-corrected chi connectivity index (χ1v) is 8.11. The Labute approximate surface area is 142 Å². The number of ketones is 3. The fraction of sp³-hybridized carbons (Fsp3) is 0.286. The molecule has 0 amide bonds. The zero-order chi connectivity index (χ0) is 17.5. The maximum absolute atomic E-state index is 13.2. The summed E-state index contributed by atoms with van der Waals surface area (Å²) >= 11 is 0. The van der Waals surface area contributed by atoms with Crippen molar-refractivity contribution in [2.75, 3.05) is 0 Å². The van der Waals surface area contributed by atoms with E-state index >= 15 is 0 Å². The van der Waals surface area contributed by atoms with Gasteiger partial charge >= 0.3 is 0 Å². The van der Waals surface area contributed by atoms with E-state index in [2.05, 4.69) is 0 Å². The van der Waals surface area contributed by atoms with Crippen LogP contribution in [0.2, 0.25) is 0 Å². The highest BCUT2D eigenvalue weighted by Gasteiger charge is 2.30. The molecule has 3 heteroatoms. The third-order valence-corrected chi connectivity index (χ3v) is 4.07. The minimum atomic E-state index is -0.520. The second-order valence-electron chi connectivity index (χ2n) is 6.14. The van der Waals surface area contributed by atoms with Gasteiger partial charge in [-0.05, 0) is 25.0 Å². The molecule has 0 aliphatic heterocycles. The van der Waals surface area contributed by atoms with Gasteiger partial charge in [-0.1, -0.05) is 60.7 Å². The van der Waals surface area contributed by atoms with Gasteiger partial charge in [0.1, 0.15) is 17.3 Å². The highest BCUT2D eigenvalue weighted by Crippen LogP contribution is 2.31. The minimum Gasteiger partial charge on any atom is -0.300 e. The molecule has 0 heterocycles. The molecule has 0 radical (unpaired) electrons. The normalized spacial score (nSPS) is 13.1. The van der Waals surface area contributed by atoms with Crippen molar-refractivity contribution in [3.8, 4) is 0 Å². The quantitative estimate of drug-likeness (QED) is 0.736. The summed E-state index contributed by atoms with van der Waals surface area (Å²) in [6.45, 7) is 2.98. The molecule has 0 saturated carbocycles. The van der Waals surface area contributed by atoms with Crippen LogP contribution >= 0.6 is 0 Å². The van der Waals surface area contributed by atoms with Crippen LogP contribution in [-0.4, -0.2) is 17.3 Å². The predicted octanol–water partition coefficient (Wildman–Crippen LogP) is 4.08. The van der Waals surface area contributed by atoms with Crippen molar-refractivity contribution in [2.24, 2.45) is 0 Å². The lowest BCUT2D eigenvalue weighted by Crippen LogP contribution is -2.24. The zero-order valence-electron chi connectivity index (χ0n) is 14.1. The van der Waals surface area contributed by atoms with Gasteiger partial charge in [0, 0.05) is 12.8 Å². The Morgan fingerprint density at radius 3 is 1.29 bits per heavy atom. The van der Waals surface area contributed by atoms with Gasteiger partial charge in [0.2, 0.25) is 0 Å². The Bertz CT molecular complexity index is 643. The SMILES string of the molecule is CC(=O)C[C@H](C(=O)[C@H](CC(C)=O)c1ccccc1)c1ccccc1. The summed E-state index contributed by atoms with van der Waals surface area (Å²) in [4.78, 5) is 36.6. The lowest BCUT2D eigenvalue weighted by atomic mass is 9.79. The van der Waals surface area contributed by atoms with Crippen molar-refractivity contribution in [3.63, 3.8) is 0 Å². The van der Waals surface area contributed by atoms with Crippen molar-refractivity contribution in [2.45, 2.75) is 38.5 Å². The average Bonchev–Trinajstić information content (AvgIpc) is 2.58. The zero-order valence-corrected chi connectivity index (χ0v) is 14.1. The molecule has 124 valence electrons. The molecular weight excluding hydrogens is 300 g/mol. The van der Waals surface area contributed by atoms with Gasteiger partial charge in [-0.25, -0.2) is 0 Å². The molecule has 0 saturated heterocycles. The molecule has 2 atom stereocenters. The van der Waals surface area contributed by atoms with Crippen LogP contribution in [0.5, 0.6) is 0 Å². The summed E-state index contributed by atoms with van der Waals surface area (Å²) in [5.41, 5.74) is 1.64. The highest BCUT2D eigenvalue weighted by molar-refractivity contribution is 5.97. The molecule has 3 nitrogen and oxygen atoms in total. The Balaban J connectivity index is 2.40. The van der Waals surface area contributed by atoms with E-state index in [1.165, 1.54) is 13.8 Å². The van der Waals surface area contributed by atoms with E-state index < -0.39 is 11.8 Å². The van der Waals surface area contributed by atoms with Crippen molar-refractivity contribution < 1.29 is 14.4 Å². The number of carbonyl (C=O) groups is 3. The topological polar surface area (TPSA) is 51.2 Å². The lowest BCUT2D eigenvalue weighted by Gasteiger charge is -2.22. The molecule has 2 aromatic carbocycles. The summed E-state index contributed by atoms with van der Waals surface area (Å²) in [7, 11) is 0. The fourth-order valence-corrected chi connectivity index (χ4v) is 2.95. The first-order chi connectivity index (χ1) is 11.5. The monoisotopic (exact) mass is 322 g/mol. The number of hydrogen-bond donors (Lipinski definition) is 0. The van der Waals surface area contributed by atoms with Crippen LogP contribution in [0.1, 0.15) is 49.7 Å². The van der Waals surface area contributed by atoms with Gasteiger partial charge in [0.15, 0.2) is 0 Å². The van der Waals surface area contributed by atoms with E-state index in [0.717, 1.165) is 11.1 Å². The lowest BCUT2D eigenvalue weighted by molar-refractivity contribution is -0.127. The van der Waals surface area contributed by atoms with Crippen LogP contribution in [0.3, 0.4) is 0 Å². The number of benzene rings is 2. The van der Waals surface area contributed by atoms with Crippen LogP contribution in [0.4, 0.5) is 0 Å². The number of Topliss-reactive ketones (excluding diaryl/α,β-unsaturated/α-hetero) is 3. The Kier molecular flexibility index (Phi) is 6.19. The number of carbonyl (C=O) groups excluding carboxylic acids is 3. The molecule has 0 bridgehead atoms. The summed E-state index contributed by atoms with van der Waals surface area (Å²) in [5, 5.41) is 0. The summed E-state index contributed by atoms with van der Waals surface area (Å²) in [6, 6.07) is 18.6. The van der Waals surface area contributed by atoms with E-state index in [0.29, 0.717) is 0 Å². The molecule has 0 unspecified atom stereocenters. The van der Waals surface area contributed by atoms with E-state index in [-0.39, 0.29) is 30.2 Å². The molecule has 2 rings (SSSR count). The van der Waals surface area contributed by atoms with Gasteiger partial charge < -0.3 is 0 Å². The van der Waals surface area contributed by atoms with Crippen LogP contribution in [0.15, 0.2) is 60.7 Å². The van der Waals surface area contributed by atoms with E-state index in [1.54, 1.807) is 0 Å². The summed E-state index contributed by atoms with van der Waals surface area (Å²) in [5.74, 6) is -1.18. The second-order valence-corrected chi connectivity index (χ2v) is 6.14. The number of rotatable bonds is 8. The fourth-order valence-electron chi connectivity index (χ4n) is 2.95. The summed E-state index contributed by atoms with van der Waals surface area (Å²) < 4.78 is 0. The van der Waals surface area contributed by atoms with E-state index in [9.17, 15) is 14.4 Å². The van der Waals surface area contributed by atoms with Crippen LogP contribution in [-0.2, 0) is 14.4 Å². The first kappa shape index (κ1) is 17.8. The maximum Gasteiger partial charge on any atom is 0.148 e. The third kappa shape index (κ3) is 4.72. The maximum atomic E-state index is 13.2. The van der Waals surface area contributed by atoms with Crippen LogP contribution < -0.4 is 0 Å². The van der Waals surface area contributed by atoms with Crippen molar-refractivity contribution in [1.29, 1.82) is 0 Å². The van der Waals surface area contributed by atoms with Gasteiger partial charge in [-0.15, -0.1) is 0 Å². The largest absolute Gasteiger partial charge is 0.300 e. The predicted molar refractivity (Wildman–Crippen MR) is 94.0 cm³/mol. The molecule has 2 aromatic rings. The highest BCUT2D eigenvalue weighted by atomic mass is 16.1. The van der Waals surface area contributed by atoms with Gasteiger partial charge in [-0.2, -0.15) is 0 Å². The van der Waals surface area contributed by atoms with Crippen molar-refractivity contribution in [1.82, 2.24) is 0 Å². The molecule has 0 spiro atoms. The Morgan fingerprint density at radius 1 is 0.667 bits per heavy atom. The molecule has 0 fully saturated rings. The Hall–Kier alpha value is -2.55. The molecule has 0 aliphatic carbocycles. The van der Waals surface area contributed by atoms with Crippen molar-refractivity contribution >= 4 is 17.3 Å². The van der Waals surface area contributed by atoms with Gasteiger partial charge in [-0.3, -0.25) is 14.4 Å². The standard InChI is InChI=1S/C21H22O3/c1-15(22)13-19(17-9-5-3-6-10-17)21(24)20(14-16(2)23)18-11-7-4-8-12-18/h3-12,19-20H,13-14H2,1-2H3/t19-,20+. The van der Waals surface area contributed by atoms with Crippen LogP contribution in [0, 0.1) is 0 Å². The van der Waals surface area contributed by atoms with Gasteiger partial charge in [0.25, 0.3) is 0 Å². The molecule has 0 N–H and O–H groups in total. The third-order valence-electron chi connectivity index (χ3n) is 4.07. The summed E-state index contributed by atoms with van der Waals surface area (Å²) in [6.07, 6.45) is 0.314. The van der Waals surface area contributed by atoms with Crippen molar-refractivity contribution in [3.05, 3.63) is 71.8 Å². The molecular formula is C21H22O3. The molecule has 24 heavy (non-hydrogen) atoms. The average molecular weight is 322 g/mol. The Morgan fingerprint density at radius 2 is 1.00 bits per heavy atom. The molecule has 0 aromatic heterocycles. The smallest absolute Gasteiger partial charge is 0.148 e. The second kappa shape index (κ2) is 8.34. The first-order valence-electron chi connectivity index (χ1n) is 8.11. The minimum absolute atomic E-state index is 0.0353. The van der Waals surface area contributed by atoms with E-state index in [4.69, 9.17) is 0 Å². The van der Waals surface area contributed by atoms with E-state index in [1.807, 2.05) is 60.7 Å². The van der Waals surface area contributed by atoms with Crippen LogP contribution in [0.25, 0.3) is 0 Å². The van der Waals surface area contributed by atoms with Gasteiger partial charge in [0.05, 0.1) is 11.8 Å². The number of hydrogen-bond acceptors (Lipinski definition) is 3. The molecule has 0 aliphatic rings.